The largest absolute Gasteiger partial charge is 0.340 e. The Morgan fingerprint density at radius 3 is 2.71 bits per heavy atom. The maximum absolute atomic E-state index is 12.2. The maximum Gasteiger partial charge on any atom is 0.270 e. The average Bonchev–Trinajstić information content (AvgIpc) is 2.63. The van der Waals surface area contributed by atoms with Crippen LogP contribution in [0.4, 0.5) is 0 Å². The summed E-state index contributed by atoms with van der Waals surface area (Å²) in [5, 5.41) is 1.10. The second-order valence-electron chi connectivity index (χ2n) is 4.62. The fourth-order valence-corrected chi connectivity index (χ4v) is 2.33. The van der Waals surface area contributed by atoms with Crippen LogP contribution in [-0.2, 0) is 7.05 Å². The summed E-state index contributed by atoms with van der Waals surface area (Å²) in [7, 11) is 1.93. The number of fused-ring (bicyclic) bond motifs is 1. The highest BCUT2D eigenvalue weighted by atomic mass is 16.2. The number of hydrogen-bond acceptors (Lipinski definition) is 2. The number of hydrogen-bond donors (Lipinski definition) is 1. The number of carbonyl (C=O) groups excluding carboxylic acids is 1. The molecule has 1 aliphatic rings. The minimum atomic E-state index is 0.0744. The molecule has 2 heterocycles. The van der Waals surface area contributed by atoms with Gasteiger partial charge < -0.3 is 15.2 Å². The molecule has 2 N–H and O–H groups in total. The fourth-order valence-electron chi connectivity index (χ4n) is 2.33. The molecule has 17 heavy (non-hydrogen) atoms. The van der Waals surface area contributed by atoms with E-state index in [0.717, 1.165) is 16.6 Å². The minimum absolute atomic E-state index is 0.0744. The van der Waals surface area contributed by atoms with Crippen LogP contribution in [0.2, 0.25) is 0 Å². The molecule has 0 radical (unpaired) electrons. The van der Waals surface area contributed by atoms with Crippen molar-refractivity contribution in [2.75, 3.05) is 13.1 Å². The van der Waals surface area contributed by atoms with Gasteiger partial charge in [-0.2, -0.15) is 0 Å². The Morgan fingerprint density at radius 1 is 1.35 bits per heavy atom. The van der Waals surface area contributed by atoms with Crippen LogP contribution >= 0.6 is 0 Å². The van der Waals surface area contributed by atoms with Gasteiger partial charge in [0.25, 0.3) is 5.91 Å². The molecule has 2 aromatic rings. The maximum atomic E-state index is 12.2. The molecule has 88 valence electrons. The van der Waals surface area contributed by atoms with Crippen molar-refractivity contribution in [2.24, 2.45) is 12.8 Å². The highest BCUT2D eigenvalue weighted by Crippen LogP contribution is 2.21. The van der Waals surface area contributed by atoms with Crippen LogP contribution in [0.1, 0.15) is 10.5 Å². The summed E-state index contributed by atoms with van der Waals surface area (Å²) in [6, 6.07) is 10.1. The number of aromatic nitrogens is 1. The second-order valence-corrected chi connectivity index (χ2v) is 4.62. The van der Waals surface area contributed by atoms with Crippen molar-refractivity contribution in [1.29, 1.82) is 0 Å². The molecule has 1 fully saturated rings. The van der Waals surface area contributed by atoms with Gasteiger partial charge in [-0.15, -0.1) is 0 Å². The lowest BCUT2D eigenvalue weighted by Gasteiger charge is -2.36. The van der Waals surface area contributed by atoms with E-state index < -0.39 is 0 Å². The quantitative estimate of drug-likeness (QED) is 0.792. The lowest BCUT2D eigenvalue weighted by atomic mass is 10.1. The number of rotatable bonds is 1. The molecular formula is C13H15N3O. The van der Waals surface area contributed by atoms with E-state index in [0.29, 0.717) is 13.1 Å². The first-order valence-corrected chi connectivity index (χ1v) is 5.76. The Labute approximate surface area is 99.6 Å². The van der Waals surface area contributed by atoms with E-state index in [1.165, 1.54) is 0 Å². The van der Waals surface area contributed by atoms with Crippen molar-refractivity contribution in [1.82, 2.24) is 9.47 Å². The van der Waals surface area contributed by atoms with Gasteiger partial charge in [0.2, 0.25) is 0 Å². The molecule has 3 rings (SSSR count). The van der Waals surface area contributed by atoms with Gasteiger partial charge in [-0.25, -0.2) is 0 Å². The summed E-state index contributed by atoms with van der Waals surface area (Å²) in [5.41, 5.74) is 7.52. The summed E-state index contributed by atoms with van der Waals surface area (Å²) in [4.78, 5) is 14.0. The molecule has 0 atom stereocenters. The van der Waals surface area contributed by atoms with Crippen molar-refractivity contribution in [3.63, 3.8) is 0 Å². The first kappa shape index (κ1) is 10.4. The summed E-state index contributed by atoms with van der Waals surface area (Å²) in [6.45, 7) is 1.33. The number of aryl methyl sites for hydroxylation is 1. The molecule has 0 spiro atoms. The Hall–Kier alpha value is -1.81. The molecule has 1 aromatic carbocycles. The summed E-state index contributed by atoms with van der Waals surface area (Å²) >= 11 is 0. The van der Waals surface area contributed by atoms with Gasteiger partial charge in [0, 0.05) is 37.1 Å². The van der Waals surface area contributed by atoms with Crippen molar-refractivity contribution in [3.8, 4) is 0 Å². The van der Waals surface area contributed by atoms with Crippen LogP contribution in [-0.4, -0.2) is 34.5 Å². The summed E-state index contributed by atoms with van der Waals surface area (Å²) < 4.78 is 1.95. The van der Waals surface area contributed by atoms with Gasteiger partial charge in [-0.3, -0.25) is 4.79 Å². The Bertz CT molecular complexity index is 581. The lowest BCUT2D eigenvalue weighted by molar-refractivity contribution is 0.0598. The zero-order valence-electron chi connectivity index (χ0n) is 9.76. The SMILES string of the molecule is Cn1c(C(=O)N2CC(N)C2)cc2ccccc21. The first-order chi connectivity index (χ1) is 8.16. The average molecular weight is 229 g/mol. The van der Waals surface area contributed by atoms with Crippen LogP contribution < -0.4 is 5.73 Å². The van der Waals surface area contributed by atoms with Crippen molar-refractivity contribution in [3.05, 3.63) is 36.0 Å². The van der Waals surface area contributed by atoms with E-state index in [2.05, 4.69) is 0 Å². The minimum Gasteiger partial charge on any atom is -0.340 e. The third-order valence-electron chi connectivity index (χ3n) is 3.37. The number of amides is 1. The Kier molecular flexibility index (Phi) is 2.19. The Morgan fingerprint density at radius 2 is 2.06 bits per heavy atom. The zero-order valence-corrected chi connectivity index (χ0v) is 9.76. The molecule has 1 saturated heterocycles. The molecule has 1 aliphatic heterocycles. The molecular weight excluding hydrogens is 214 g/mol. The van der Waals surface area contributed by atoms with Crippen LogP contribution in [0, 0.1) is 0 Å². The zero-order chi connectivity index (χ0) is 12.0. The topological polar surface area (TPSA) is 51.3 Å². The van der Waals surface area contributed by atoms with Crippen LogP contribution in [0.15, 0.2) is 30.3 Å². The third-order valence-corrected chi connectivity index (χ3v) is 3.37. The van der Waals surface area contributed by atoms with Crippen LogP contribution in [0.3, 0.4) is 0 Å². The number of carbonyl (C=O) groups is 1. The van der Waals surface area contributed by atoms with E-state index in [4.69, 9.17) is 5.73 Å². The highest BCUT2D eigenvalue weighted by molar-refractivity contribution is 5.99. The van der Waals surface area contributed by atoms with E-state index in [1.54, 1.807) is 4.90 Å². The van der Waals surface area contributed by atoms with Gasteiger partial charge in [-0.1, -0.05) is 18.2 Å². The number of para-hydroxylation sites is 1. The molecule has 1 amide bonds. The van der Waals surface area contributed by atoms with Gasteiger partial charge in [0.15, 0.2) is 0 Å². The monoisotopic (exact) mass is 229 g/mol. The predicted octanol–water partition coefficient (Wildman–Crippen LogP) is 0.961. The number of nitrogens with two attached hydrogens (primary N) is 1. The van der Waals surface area contributed by atoms with Gasteiger partial charge in [-0.05, 0) is 12.1 Å². The molecule has 4 nitrogen and oxygen atoms in total. The van der Waals surface area contributed by atoms with E-state index >= 15 is 0 Å². The van der Waals surface area contributed by atoms with Crippen LogP contribution in [0.25, 0.3) is 10.9 Å². The van der Waals surface area contributed by atoms with Crippen molar-refractivity contribution >= 4 is 16.8 Å². The van der Waals surface area contributed by atoms with Gasteiger partial charge in [0.1, 0.15) is 5.69 Å². The van der Waals surface area contributed by atoms with E-state index in [9.17, 15) is 4.79 Å². The molecule has 4 heteroatoms. The van der Waals surface area contributed by atoms with E-state index in [-0.39, 0.29) is 11.9 Å². The van der Waals surface area contributed by atoms with Crippen LogP contribution in [0.5, 0.6) is 0 Å². The van der Waals surface area contributed by atoms with Crippen molar-refractivity contribution < 1.29 is 4.79 Å². The lowest BCUT2D eigenvalue weighted by Crippen LogP contribution is -2.58. The van der Waals surface area contributed by atoms with Crippen molar-refractivity contribution in [2.45, 2.75) is 6.04 Å². The smallest absolute Gasteiger partial charge is 0.270 e. The highest BCUT2D eigenvalue weighted by Gasteiger charge is 2.29. The van der Waals surface area contributed by atoms with E-state index in [1.807, 2.05) is 41.9 Å². The Balaban J connectivity index is 2.00. The third kappa shape index (κ3) is 1.52. The number of benzene rings is 1. The number of likely N-dealkylation sites (tertiary alicyclic amines) is 1. The van der Waals surface area contributed by atoms with Gasteiger partial charge >= 0.3 is 0 Å². The fraction of sp³-hybridized carbons (Fsp3) is 0.308. The predicted molar refractivity (Wildman–Crippen MR) is 66.8 cm³/mol. The first-order valence-electron chi connectivity index (χ1n) is 5.76. The molecule has 1 aromatic heterocycles. The molecule has 0 bridgehead atoms. The number of nitrogens with zero attached hydrogens (tertiary/aromatic N) is 2. The molecule has 0 unspecified atom stereocenters. The van der Waals surface area contributed by atoms with Gasteiger partial charge in [0.05, 0.1) is 0 Å². The molecule has 0 saturated carbocycles. The standard InChI is InChI=1S/C13H15N3O/c1-15-11-5-3-2-4-9(11)6-12(15)13(17)16-7-10(14)8-16/h2-6,10H,7-8,14H2,1H3. The normalized spacial score (nSPS) is 16.2. The molecule has 0 aliphatic carbocycles. The summed E-state index contributed by atoms with van der Waals surface area (Å²) in [6.07, 6.45) is 0. The second kappa shape index (κ2) is 3.60. The summed E-state index contributed by atoms with van der Waals surface area (Å²) in [5.74, 6) is 0.0744.